The van der Waals surface area contributed by atoms with Crippen LogP contribution < -0.4 is 4.74 Å². The zero-order valence-corrected chi connectivity index (χ0v) is 17.4. The molecule has 0 N–H and O–H groups in total. The highest BCUT2D eigenvalue weighted by Crippen LogP contribution is 2.52. The molecular formula is C26H23NO4. The number of benzene rings is 2. The number of hydrogen-bond donors (Lipinski definition) is 0. The third kappa shape index (κ3) is 2.63. The number of likely N-dealkylation sites (N-methyl/N-ethyl adjacent to an activating group) is 1. The molecule has 2 aliphatic carbocycles. The Morgan fingerprint density at radius 3 is 2.10 bits per heavy atom. The molecule has 156 valence electrons. The summed E-state index contributed by atoms with van der Waals surface area (Å²) in [6, 6.07) is 14.3. The van der Waals surface area contributed by atoms with E-state index in [1.54, 1.807) is 43.3 Å². The monoisotopic (exact) mass is 413 g/mol. The van der Waals surface area contributed by atoms with E-state index in [1.807, 2.05) is 48.6 Å². The van der Waals surface area contributed by atoms with Crippen molar-refractivity contribution in [3.05, 3.63) is 89.5 Å². The maximum absolute atomic E-state index is 13.8. The molecule has 0 bridgehead atoms. The lowest BCUT2D eigenvalue weighted by Gasteiger charge is -2.35. The largest absolute Gasteiger partial charge is 0.497 e. The zero-order chi connectivity index (χ0) is 21.8. The number of rotatable bonds is 4. The van der Waals surface area contributed by atoms with E-state index in [1.165, 1.54) is 0 Å². The smallest absolute Gasteiger partial charge is 0.192 e. The van der Waals surface area contributed by atoms with E-state index in [0.29, 0.717) is 23.4 Å². The molecule has 1 fully saturated rings. The lowest BCUT2D eigenvalue weighted by molar-refractivity contribution is -0.124. The Bertz CT molecular complexity index is 1100. The Kier molecular flexibility index (Phi) is 4.52. The van der Waals surface area contributed by atoms with Gasteiger partial charge in [-0.15, -0.1) is 0 Å². The first-order valence-corrected chi connectivity index (χ1v) is 10.4. The topological polar surface area (TPSA) is 63.7 Å². The van der Waals surface area contributed by atoms with Gasteiger partial charge < -0.3 is 4.74 Å². The third-order valence-corrected chi connectivity index (χ3v) is 6.95. The molecule has 1 saturated heterocycles. The fraction of sp³-hybridized carbons (Fsp3) is 0.269. The molecular weight excluding hydrogens is 390 g/mol. The van der Waals surface area contributed by atoms with E-state index in [4.69, 9.17) is 4.74 Å². The molecule has 0 amide bonds. The fourth-order valence-electron chi connectivity index (χ4n) is 5.50. The van der Waals surface area contributed by atoms with Crippen LogP contribution in [0.3, 0.4) is 0 Å². The molecule has 2 aromatic rings. The number of carbonyl (C=O) groups is 3. The van der Waals surface area contributed by atoms with Crippen molar-refractivity contribution in [1.82, 2.24) is 4.90 Å². The Hall–Kier alpha value is -3.31. The minimum Gasteiger partial charge on any atom is -0.497 e. The third-order valence-electron chi connectivity index (χ3n) is 6.95. The highest BCUT2D eigenvalue weighted by molar-refractivity contribution is 6.34. The summed E-state index contributed by atoms with van der Waals surface area (Å²) in [5.74, 6) is -1.12. The second-order valence-corrected chi connectivity index (χ2v) is 8.41. The molecule has 2 atom stereocenters. The van der Waals surface area contributed by atoms with Gasteiger partial charge in [0.2, 0.25) is 0 Å². The van der Waals surface area contributed by atoms with Gasteiger partial charge in [-0.1, -0.05) is 60.7 Å². The average Bonchev–Trinajstić information content (AvgIpc) is 3.49. The fourth-order valence-corrected chi connectivity index (χ4v) is 5.50. The summed E-state index contributed by atoms with van der Waals surface area (Å²) in [6.45, 7) is 0.346. The van der Waals surface area contributed by atoms with Crippen molar-refractivity contribution in [1.29, 1.82) is 0 Å². The van der Waals surface area contributed by atoms with Gasteiger partial charge in [-0.25, -0.2) is 0 Å². The molecule has 0 radical (unpaired) electrons. The number of Topliss-reactive ketones (excluding diaryl/α,β-unsaturated/α-hetero) is 3. The lowest BCUT2D eigenvalue weighted by atomic mass is 9.70. The maximum atomic E-state index is 13.8. The molecule has 0 saturated carbocycles. The van der Waals surface area contributed by atoms with Crippen LogP contribution in [0.1, 0.15) is 32.2 Å². The van der Waals surface area contributed by atoms with Crippen LogP contribution >= 0.6 is 0 Å². The minimum absolute atomic E-state index is 0.0334. The van der Waals surface area contributed by atoms with Gasteiger partial charge in [0, 0.05) is 29.5 Å². The van der Waals surface area contributed by atoms with Crippen LogP contribution in [0, 0.1) is 11.8 Å². The van der Waals surface area contributed by atoms with Crippen molar-refractivity contribution in [2.75, 3.05) is 20.7 Å². The summed E-state index contributed by atoms with van der Waals surface area (Å²) in [4.78, 5) is 43.0. The van der Waals surface area contributed by atoms with Crippen molar-refractivity contribution in [2.45, 2.75) is 11.5 Å². The Morgan fingerprint density at radius 1 is 0.968 bits per heavy atom. The van der Waals surface area contributed by atoms with Crippen molar-refractivity contribution < 1.29 is 19.1 Å². The second-order valence-electron chi connectivity index (χ2n) is 8.41. The van der Waals surface area contributed by atoms with Crippen LogP contribution in [0.25, 0.3) is 0 Å². The molecule has 5 rings (SSSR count). The molecule has 3 aliphatic rings. The van der Waals surface area contributed by atoms with Gasteiger partial charge in [0.25, 0.3) is 0 Å². The van der Waals surface area contributed by atoms with E-state index in [-0.39, 0.29) is 23.3 Å². The van der Waals surface area contributed by atoms with Gasteiger partial charge in [0.05, 0.1) is 13.0 Å². The first kappa shape index (κ1) is 19.6. The normalized spacial score (nSPS) is 24.3. The summed E-state index contributed by atoms with van der Waals surface area (Å²) in [7, 11) is 3.37. The molecule has 1 spiro atoms. The van der Waals surface area contributed by atoms with Gasteiger partial charge in [0.1, 0.15) is 11.5 Å². The molecule has 1 aliphatic heterocycles. The quantitative estimate of drug-likeness (QED) is 0.719. The predicted molar refractivity (Wildman–Crippen MR) is 116 cm³/mol. The first-order chi connectivity index (χ1) is 15.0. The molecule has 0 unspecified atom stereocenters. The van der Waals surface area contributed by atoms with Crippen LogP contribution in [0.5, 0.6) is 5.75 Å². The first-order valence-electron chi connectivity index (χ1n) is 10.4. The number of fused-ring (bicyclic) bond motifs is 1. The number of nitrogens with zero attached hydrogens (tertiary/aromatic N) is 1. The highest BCUT2D eigenvalue weighted by Gasteiger charge is 2.67. The number of ether oxygens (including phenoxy) is 1. The van der Waals surface area contributed by atoms with E-state index >= 15 is 0 Å². The second kappa shape index (κ2) is 7.13. The summed E-state index contributed by atoms with van der Waals surface area (Å²) in [5.41, 5.74) is 0.257. The summed E-state index contributed by atoms with van der Waals surface area (Å²) in [5, 5.41) is 0. The van der Waals surface area contributed by atoms with Crippen LogP contribution in [-0.2, 0) is 4.79 Å². The number of methoxy groups -OCH3 is 1. The summed E-state index contributed by atoms with van der Waals surface area (Å²) < 4.78 is 5.29. The van der Waals surface area contributed by atoms with Crippen LogP contribution in [0.2, 0.25) is 0 Å². The number of allylic oxidation sites excluding steroid dienone is 4. The van der Waals surface area contributed by atoms with Crippen molar-refractivity contribution >= 4 is 17.3 Å². The van der Waals surface area contributed by atoms with Crippen LogP contribution in [0.4, 0.5) is 0 Å². The Morgan fingerprint density at radius 2 is 1.55 bits per heavy atom. The molecule has 31 heavy (non-hydrogen) atoms. The summed E-state index contributed by atoms with van der Waals surface area (Å²) in [6.07, 6.45) is 7.46. The van der Waals surface area contributed by atoms with Gasteiger partial charge in [-0.05, 0) is 24.7 Å². The number of hydrogen-bond acceptors (Lipinski definition) is 5. The van der Waals surface area contributed by atoms with Gasteiger partial charge in [-0.3, -0.25) is 19.3 Å². The van der Waals surface area contributed by atoms with Gasteiger partial charge in [-0.2, -0.15) is 0 Å². The molecule has 1 heterocycles. The SMILES string of the molecule is COc1ccc([C@H]2[C@H](C(=O)C3C=CC=C3)CN(C)C23C(=O)c2ccccc2C3=O)cc1. The Balaban J connectivity index is 1.68. The van der Waals surface area contributed by atoms with Crippen molar-refractivity contribution in [3.63, 3.8) is 0 Å². The zero-order valence-electron chi connectivity index (χ0n) is 17.4. The van der Waals surface area contributed by atoms with Crippen molar-refractivity contribution in [2.24, 2.45) is 11.8 Å². The van der Waals surface area contributed by atoms with E-state index < -0.39 is 17.4 Å². The van der Waals surface area contributed by atoms with E-state index in [0.717, 1.165) is 5.56 Å². The van der Waals surface area contributed by atoms with Crippen molar-refractivity contribution in [3.8, 4) is 5.75 Å². The van der Waals surface area contributed by atoms with E-state index in [2.05, 4.69) is 0 Å². The average molecular weight is 413 g/mol. The lowest BCUT2D eigenvalue weighted by Crippen LogP contribution is -2.54. The molecule has 0 aromatic heterocycles. The van der Waals surface area contributed by atoms with Gasteiger partial charge >= 0.3 is 0 Å². The predicted octanol–water partition coefficient (Wildman–Crippen LogP) is 3.47. The maximum Gasteiger partial charge on any atom is 0.192 e. The molecule has 5 nitrogen and oxygen atoms in total. The molecule has 5 heteroatoms. The number of ketones is 3. The minimum atomic E-state index is -1.41. The number of likely N-dealkylation sites (tertiary alicyclic amines) is 1. The molecule has 2 aromatic carbocycles. The number of carbonyl (C=O) groups excluding carboxylic acids is 3. The summed E-state index contributed by atoms with van der Waals surface area (Å²) >= 11 is 0. The Labute approximate surface area is 181 Å². The standard InChI is InChI=1S/C26H23NO4/c1-27-15-21(23(28)17-7-3-4-8-17)22(16-11-13-18(31-2)14-12-16)26(27)24(29)19-9-5-6-10-20(19)25(26)30/h3-14,17,21-22H,15H2,1-2H3/t21-,22+/m1/s1. The van der Waals surface area contributed by atoms with E-state index in [9.17, 15) is 14.4 Å². The van der Waals surface area contributed by atoms with Crippen LogP contribution in [-0.4, -0.2) is 48.5 Å². The van der Waals surface area contributed by atoms with Crippen LogP contribution in [0.15, 0.2) is 72.8 Å². The van der Waals surface area contributed by atoms with Gasteiger partial charge in [0.15, 0.2) is 17.1 Å². The highest BCUT2D eigenvalue weighted by atomic mass is 16.5.